The van der Waals surface area contributed by atoms with Crippen LogP contribution in [-0.2, 0) is 11.2 Å². The molecule has 0 heterocycles. The van der Waals surface area contributed by atoms with Crippen LogP contribution in [0.5, 0.6) is 5.75 Å². The maximum atomic E-state index is 12.3. The summed E-state index contributed by atoms with van der Waals surface area (Å²) >= 11 is -0.625. The Kier molecular flexibility index (Phi) is 5.37. The molecule has 0 aliphatic heterocycles. The van der Waals surface area contributed by atoms with Gasteiger partial charge in [0.25, 0.3) is 0 Å². The molecule has 0 radical (unpaired) electrons. The normalized spacial score (nSPS) is 11.3. The zero-order chi connectivity index (χ0) is 16.2. The van der Waals surface area contributed by atoms with E-state index < -0.39 is 52.5 Å². The Morgan fingerprint density at radius 3 is 2.48 bits per heavy atom. The minimum absolute atomic E-state index is 0.338. The number of rotatable bonds is 5. The number of hydrogen-bond donors (Lipinski definition) is 1. The summed E-state index contributed by atoms with van der Waals surface area (Å²) in [5, 5.41) is 17.5. The molecule has 0 amide bonds. The van der Waals surface area contributed by atoms with Gasteiger partial charge in [0, 0.05) is 4.90 Å². The third-order valence-corrected chi connectivity index (χ3v) is 2.76. The number of carbonyl (C=O) groups is 1. The van der Waals surface area contributed by atoms with E-state index in [0.717, 1.165) is 6.07 Å². The summed E-state index contributed by atoms with van der Waals surface area (Å²) < 4.78 is 65.3. The van der Waals surface area contributed by atoms with Gasteiger partial charge in [0.05, 0.1) is 12.0 Å². The van der Waals surface area contributed by atoms with Gasteiger partial charge in [-0.25, -0.2) is 0 Å². The number of carboxylic acids is 1. The zero-order valence-corrected chi connectivity index (χ0v) is 10.8. The van der Waals surface area contributed by atoms with E-state index in [1.54, 1.807) is 0 Å². The third kappa shape index (κ3) is 5.47. The van der Waals surface area contributed by atoms with Gasteiger partial charge in [0.15, 0.2) is 0 Å². The molecule has 4 nitrogen and oxygen atoms in total. The van der Waals surface area contributed by atoms with Crippen LogP contribution in [0, 0.1) is 11.3 Å². The zero-order valence-electron chi connectivity index (χ0n) is 9.95. The van der Waals surface area contributed by atoms with Crippen molar-refractivity contribution < 1.29 is 36.6 Å². The molecule has 0 fully saturated rings. The molecule has 0 aliphatic carbocycles. The maximum Gasteiger partial charge on any atom is 0.446 e. The first kappa shape index (κ1) is 17.0. The van der Waals surface area contributed by atoms with E-state index in [-0.39, 0.29) is 5.56 Å². The molecule has 0 saturated heterocycles. The SMILES string of the molecule is N#Cc1c(CC(=O)O)cc(SC(F)(F)F)cc1OC(F)F. The number of ether oxygens (including phenoxy) is 1. The number of benzene rings is 1. The van der Waals surface area contributed by atoms with E-state index >= 15 is 0 Å². The monoisotopic (exact) mass is 327 g/mol. The van der Waals surface area contributed by atoms with Crippen molar-refractivity contribution in [2.24, 2.45) is 0 Å². The molecule has 0 saturated carbocycles. The molecule has 0 bridgehead atoms. The Morgan fingerprint density at radius 2 is 2.05 bits per heavy atom. The van der Waals surface area contributed by atoms with Gasteiger partial charge in [-0.15, -0.1) is 0 Å². The predicted molar refractivity (Wildman–Crippen MR) is 61.0 cm³/mol. The summed E-state index contributed by atoms with van der Waals surface area (Å²) in [6.45, 7) is -3.36. The van der Waals surface area contributed by atoms with E-state index in [9.17, 15) is 26.7 Å². The quantitative estimate of drug-likeness (QED) is 0.663. The van der Waals surface area contributed by atoms with Crippen molar-refractivity contribution in [2.45, 2.75) is 23.4 Å². The number of nitrogens with zero attached hydrogens (tertiary/aromatic N) is 1. The molecule has 1 aromatic carbocycles. The minimum Gasteiger partial charge on any atom is -0.481 e. The van der Waals surface area contributed by atoms with E-state index in [4.69, 9.17) is 10.4 Å². The van der Waals surface area contributed by atoms with Crippen LogP contribution in [-0.4, -0.2) is 23.2 Å². The van der Waals surface area contributed by atoms with Crippen LogP contribution in [0.1, 0.15) is 11.1 Å². The minimum atomic E-state index is -4.70. The molecule has 0 spiro atoms. The second-order valence-corrected chi connectivity index (χ2v) is 4.70. The second kappa shape index (κ2) is 6.62. The number of thioether (sulfide) groups is 1. The van der Waals surface area contributed by atoms with Crippen LogP contribution < -0.4 is 4.74 Å². The molecule has 114 valence electrons. The van der Waals surface area contributed by atoms with Crippen LogP contribution in [0.3, 0.4) is 0 Å². The van der Waals surface area contributed by atoms with Crippen LogP contribution in [0.15, 0.2) is 17.0 Å². The van der Waals surface area contributed by atoms with Crippen LogP contribution in [0.2, 0.25) is 0 Å². The molecule has 10 heteroatoms. The first-order chi connectivity index (χ1) is 9.62. The highest BCUT2D eigenvalue weighted by Gasteiger charge is 2.30. The van der Waals surface area contributed by atoms with Crippen LogP contribution in [0.25, 0.3) is 0 Å². The van der Waals surface area contributed by atoms with Crippen molar-refractivity contribution in [1.82, 2.24) is 0 Å². The summed E-state index contributed by atoms with van der Waals surface area (Å²) in [6, 6.07) is 2.88. The van der Waals surface area contributed by atoms with Crippen molar-refractivity contribution in [3.8, 4) is 11.8 Å². The number of carboxylic acid groups (broad SMARTS) is 1. The lowest BCUT2D eigenvalue weighted by molar-refractivity contribution is -0.136. The summed E-state index contributed by atoms with van der Waals surface area (Å²) in [5.74, 6) is -2.22. The summed E-state index contributed by atoms with van der Waals surface area (Å²) in [5.41, 5.74) is -5.57. The van der Waals surface area contributed by atoms with Gasteiger partial charge < -0.3 is 9.84 Å². The van der Waals surface area contributed by atoms with Gasteiger partial charge in [-0.3, -0.25) is 4.79 Å². The molecule has 1 N–H and O–H groups in total. The number of nitriles is 1. The van der Waals surface area contributed by atoms with E-state index in [2.05, 4.69) is 4.74 Å². The van der Waals surface area contributed by atoms with Gasteiger partial charge in [0.1, 0.15) is 11.8 Å². The van der Waals surface area contributed by atoms with Gasteiger partial charge in [-0.2, -0.15) is 27.2 Å². The Bertz CT molecular complexity index is 582. The maximum absolute atomic E-state index is 12.3. The molecule has 0 aromatic heterocycles. The number of halogens is 5. The van der Waals surface area contributed by atoms with Crippen molar-refractivity contribution in [3.63, 3.8) is 0 Å². The molecule has 0 aliphatic rings. The summed E-state index contributed by atoms with van der Waals surface area (Å²) in [7, 11) is 0. The second-order valence-electron chi connectivity index (χ2n) is 3.56. The third-order valence-electron chi connectivity index (χ3n) is 2.06. The lowest BCUT2D eigenvalue weighted by atomic mass is 10.0. The fourth-order valence-corrected chi connectivity index (χ4v) is 2.09. The van der Waals surface area contributed by atoms with Gasteiger partial charge in [0.2, 0.25) is 0 Å². The van der Waals surface area contributed by atoms with E-state index in [1.807, 2.05) is 0 Å². The molecule has 0 unspecified atom stereocenters. The highest BCUT2D eigenvalue weighted by Crippen LogP contribution is 2.40. The molecule has 0 atom stereocenters. The first-order valence-corrected chi connectivity index (χ1v) is 5.93. The van der Waals surface area contributed by atoms with Crippen LogP contribution >= 0.6 is 11.8 Å². The van der Waals surface area contributed by atoms with Gasteiger partial charge >= 0.3 is 18.1 Å². The lowest BCUT2D eigenvalue weighted by Gasteiger charge is -2.13. The Labute approximate surface area is 119 Å². The highest BCUT2D eigenvalue weighted by molar-refractivity contribution is 8.00. The van der Waals surface area contributed by atoms with Gasteiger partial charge in [-0.1, -0.05) is 0 Å². The van der Waals surface area contributed by atoms with E-state index in [0.29, 0.717) is 6.07 Å². The molecule has 1 aromatic rings. The first-order valence-electron chi connectivity index (χ1n) is 5.11. The highest BCUT2D eigenvalue weighted by atomic mass is 32.2. The average Bonchev–Trinajstić information content (AvgIpc) is 2.24. The van der Waals surface area contributed by atoms with Crippen molar-refractivity contribution in [1.29, 1.82) is 5.26 Å². The number of aliphatic carboxylic acids is 1. The standard InChI is InChI=1S/C11H6F5NO3S/c12-10(13)20-8-3-6(21-11(14,15)16)1-5(2-9(18)19)7(8)4-17/h1,3,10H,2H2,(H,18,19). The molecular weight excluding hydrogens is 321 g/mol. The summed E-state index contributed by atoms with van der Waals surface area (Å²) in [4.78, 5) is 10.1. The molecule has 1 rings (SSSR count). The largest absolute Gasteiger partial charge is 0.481 e. The smallest absolute Gasteiger partial charge is 0.446 e. The van der Waals surface area contributed by atoms with Crippen molar-refractivity contribution in [2.75, 3.05) is 0 Å². The average molecular weight is 327 g/mol. The van der Waals surface area contributed by atoms with Crippen molar-refractivity contribution >= 4 is 17.7 Å². The summed E-state index contributed by atoms with van der Waals surface area (Å²) in [6.07, 6.45) is -0.797. The van der Waals surface area contributed by atoms with Gasteiger partial charge in [-0.05, 0) is 29.5 Å². The fraction of sp³-hybridized carbons (Fsp3) is 0.273. The number of hydrogen-bond acceptors (Lipinski definition) is 4. The number of alkyl halides is 5. The topological polar surface area (TPSA) is 70.3 Å². The predicted octanol–water partition coefficient (Wildman–Crippen LogP) is 3.40. The Balaban J connectivity index is 3.35. The lowest BCUT2D eigenvalue weighted by Crippen LogP contribution is -2.09. The van der Waals surface area contributed by atoms with Crippen LogP contribution in [0.4, 0.5) is 22.0 Å². The fourth-order valence-electron chi connectivity index (χ4n) is 1.46. The Hall–Kier alpha value is -2.02. The van der Waals surface area contributed by atoms with Crippen molar-refractivity contribution in [3.05, 3.63) is 23.3 Å². The van der Waals surface area contributed by atoms with E-state index in [1.165, 1.54) is 6.07 Å². The Morgan fingerprint density at radius 1 is 1.43 bits per heavy atom. The molecular formula is C11H6F5NO3S. The molecule has 21 heavy (non-hydrogen) atoms.